The van der Waals surface area contributed by atoms with Gasteiger partial charge < -0.3 is 19.3 Å². The van der Waals surface area contributed by atoms with Crippen molar-refractivity contribution in [3.8, 4) is 11.5 Å². The average molecular weight is 420 g/mol. The van der Waals surface area contributed by atoms with E-state index >= 15 is 0 Å². The van der Waals surface area contributed by atoms with Crippen molar-refractivity contribution >= 4 is 40.5 Å². The molecule has 3 rings (SSSR count). The van der Waals surface area contributed by atoms with Crippen LogP contribution in [0.25, 0.3) is 0 Å². The maximum absolute atomic E-state index is 12.6. The van der Waals surface area contributed by atoms with Gasteiger partial charge in [0.15, 0.2) is 5.11 Å². The van der Waals surface area contributed by atoms with Crippen molar-refractivity contribution < 1.29 is 14.3 Å². The second-order valence-corrected chi connectivity index (χ2v) is 7.14. The largest absolute Gasteiger partial charge is 0.497 e. The summed E-state index contributed by atoms with van der Waals surface area (Å²) in [5.74, 6) is 0.801. The van der Waals surface area contributed by atoms with E-state index in [1.54, 1.807) is 32.4 Å². The van der Waals surface area contributed by atoms with Gasteiger partial charge in [0.05, 0.1) is 14.2 Å². The van der Waals surface area contributed by atoms with Crippen LogP contribution in [0, 0.1) is 0 Å². The fourth-order valence-electron chi connectivity index (χ4n) is 3.03. The van der Waals surface area contributed by atoms with Gasteiger partial charge in [-0.05, 0) is 42.5 Å². The first-order valence-corrected chi connectivity index (χ1v) is 9.62. The Morgan fingerprint density at radius 2 is 1.68 bits per heavy atom. The summed E-state index contributed by atoms with van der Waals surface area (Å²) in [5.41, 5.74) is 1.52. The third-order valence-electron chi connectivity index (χ3n) is 4.57. The van der Waals surface area contributed by atoms with Gasteiger partial charge in [0.2, 0.25) is 0 Å². The third kappa shape index (κ3) is 4.85. The van der Waals surface area contributed by atoms with Crippen LogP contribution < -0.4 is 19.7 Å². The smallest absolute Gasteiger partial charge is 0.257 e. The standard InChI is InChI=1S/C20H22ClN3O3S/c1-26-17-10-14(11-18(13-17)27-2)19(25)22-20(28)24-8-6-23(7-9-24)16-5-3-4-15(21)12-16/h3-5,10-13H,6-9H2,1-2H3,(H,22,25,28). The first-order valence-electron chi connectivity index (χ1n) is 8.84. The highest BCUT2D eigenvalue weighted by Gasteiger charge is 2.21. The van der Waals surface area contributed by atoms with Gasteiger partial charge in [-0.3, -0.25) is 10.1 Å². The lowest BCUT2D eigenvalue weighted by atomic mass is 10.2. The van der Waals surface area contributed by atoms with E-state index in [0.29, 0.717) is 35.3 Å². The van der Waals surface area contributed by atoms with Crippen molar-refractivity contribution in [1.82, 2.24) is 10.2 Å². The molecule has 28 heavy (non-hydrogen) atoms. The molecule has 1 aliphatic heterocycles. The molecule has 8 heteroatoms. The van der Waals surface area contributed by atoms with E-state index in [9.17, 15) is 4.79 Å². The third-order valence-corrected chi connectivity index (χ3v) is 5.17. The van der Waals surface area contributed by atoms with Crippen molar-refractivity contribution in [3.63, 3.8) is 0 Å². The number of nitrogens with one attached hydrogen (secondary N) is 1. The Balaban J connectivity index is 1.59. The van der Waals surface area contributed by atoms with Gasteiger partial charge in [-0.2, -0.15) is 0 Å². The Kier molecular flexibility index (Phi) is 6.59. The van der Waals surface area contributed by atoms with Gasteiger partial charge in [0.1, 0.15) is 11.5 Å². The number of ether oxygens (including phenoxy) is 2. The van der Waals surface area contributed by atoms with E-state index in [4.69, 9.17) is 33.3 Å². The highest BCUT2D eigenvalue weighted by atomic mass is 35.5. The number of halogens is 1. The van der Waals surface area contributed by atoms with E-state index < -0.39 is 0 Å². The summed E-state index contributed by atoms with van der Waals surface area (Å²) in [6.07, 6.45) is 0. The molecule has 1 saturated heterocycles. The van der Waals surface area contributed by atoms with E-state index in [-0.39, 0.29) is 5.91 Å². The predicted molar refractivity (Wildman–Crippen MR) is 115 cm³/mol. The fourth-order valence-corrected chi connectivity index (χ4v) is 3.49. The van der Waals surface area contributed by atoms with Gasteiger partial charge in [-0.15, -0.1) is 0 Å². The average Bonchev–Trinajstić information content (AvgIpc) is 2.73. The second-order valence-electron chi connectivity index (χ2n) is 6.31. The van der Waals surface area contributed by atoms with Crippen LogP contribution in [0.2, 0.25) is 5.02 Å². The molecule has 0 aromatic heterocycles. The summed E-state index contributed by atoms with van der Waals surface area (Å²) in [6.45, 7) is 3.02. The Bertz CT molecular complexity index is 847. The summed E-state index contributed by atoms with van der Waals surface area (Å²) in [4.78, 5) is 16.8. The van der Waals surface area contributed by atoms with Gasteiger partial charge >= 0.3 is 0 Å². The van der Waals surface area contributed by atoms with Crippen LogP contribution in [-0.2, 0) is 0 Å². The zero-order chi connectivity index (χ0) is 20.1. The maximum Gasteiger partial charge on any atom is 0.257 e. The van der Waals surface area contributed by atoms with Crippen LogP contribution in [0.1, 0.15) is 10.4 Å². The number of rotatable bonds is 4. The van der Waals surface area contributed by atoms with Crippen LogP contribution in [-0.4, -0.2) is 56.3 Å². The summed E-state index contributed by atoms with van der Waals surface area (Å²) in [6, 6.07) is 12.8. The van der Waals surface area contributed by atoms with E-state index in [0.717, 1.165) is 23.8 Å². The quantitative estimate of drug-likeness (QED) is 0.768. The zero-order valence-corrected chi connectivity index (χ0v) is 17.3. The van der Waals surface area contributed by atoms with E-state index in [1.807, 2.05) is 29.2 Å². The molecule has 0 unspecified atom stereocenters. The number of anilines is 1. The van der Waals surface area contributed by atoms with Crippen LogP contribution in [0.15, 0.2) is 42.5 Å². The number of carbonyl (C=O) groups is 1. The predicted octanol–water partition coefficient (Wildman–Crippen LogP) is 3.19. The molecule has 1 aliphatic rings. The Hall–Kier alpha value is -2.51. The van der Waals surface area contributed by atoms with E-state index in [2.05, 4.69) is 10.2 Å². The molecule has 1 amide bonds. The van der Waals surface area contributed by atoms with Gasteiger partial charge in [0, 0.05) is 48.5 Å². The number of thiocarbonyl (C=S) groups is 1. The molecule has 148 valence electrons. The Morgan fingerprint density at radius 3 is 2.25 bits per heavy atom. The van der Waals surface area contributed by atoms with Crippen molar-refractivity contribution in [2.75, 3.05) is 45.3 Å². The molecule has 0 radical (unpaired) electrons. The summed E-state index contributed by atoms with van der Waals surface area (Å²) in [7, 11) is 3.08. The molecule has 1 N–H and O–H groups in total. The molecule has 1 heterocycles. The Labute approximate surface area is 175 Å². The van der Waals surface area contributed by atoms with Crippen LogP contribution in [0.4, 0.5) is 5.69 Å². The normalized spacial score (nSPS) is 13.8. The lowest BCUT2D eigenvalue weighted by Gasteiger charge is -2.37. The summed E-state index contributed by atoms with van der Waals surface area (Å²) < 4.78 is 10.4. The number of carbonyl (C=O) groups excluding carboxylic acids is 1. The molecular weight excluding hydrogens is 398 g/mol. The monoisotopic (exact) mass is 419 g/mol. The minimum atomic E-state index is -0.292. The molecule has 0 atom stereocenters. The number of benzene rings is 2. The minimum absolute atomic E-state index is 0.292. The number of methoxy groups -OCH3 is 2. The number of piperazine rings is 1. The number of amides is 1. The summed E-state index contributed by atoms with van der Waals surface area (Å²) >= 11 is 11.5. The molecule has 2 aromatic rings. The summed E-state index contributed by atoms with van der Waals surface area (Å²) in [5, 5.41) is 3.93. The molecule has 1 fully saturated rings. The van der Waals surface area contributed by atoms with Gasteiger partial charge in [-0.1, -0.05) is 17.7 Å². The molecule has 0 saturated carbocycles. The molecule has 6 nitrogen and oxygen atoms in total. The number of hydrogen-bond donors (Lipinski definition) is 1. The van der Waals surface area contributed by atoms with Crippen LogP contribution >= 0.6 is 23.8 Å². The van der Waals surface area contributed by atoms with Crippen LogP contribution in [0.3, 0.4) is 0 Å². The minimum Gasteiger partial charge on any atom is -0.497 e. The zero-order valence-electron chi connectivity index (χ0n) is 15.8. The SMILES string of the molecule is COc1cc(OC)cc(C(=O)NC(=S)N2CCN(c3cccc(Cl)c3)CC2)c1. The number of hydrogen-bond acceptors (Lipinski definition) is 5. The maximum atomic E-state index is 12.6. The van der Waals surface area contributed by atoms with Crippen LogP contribution in [0.5, 0.6) is 11.5 Å². The highest BCUT2D eigenvalue weighted by Crippen LogP contribution is 2.23. The molecule has 2 aromatic carbocycles. The second kappa shape index (κ2) is 9.12. The van der Waals surface area contributed by atoms with Gasteiger partial charge in [0.25, 0.3) is 5.91 Å². The lowest BCUT2D eigenvalue weighted by molar-refractivity contribution is 0.0972. The highest BCUT2D eigenvalue weighted by molar-refractivity contribution is 7.80. The molecule has 0 bridgehead atoms. The molecule has 0 spiro atoms. The van der Waals surface area contributed by atoms with Crippen molar-refractivity contribution in [2.24, 2.45) is 0 Å². The lowest BCUT2D eigenvalue weighted by Crippen LogP contribution is -2.52. The van der Waals surface area contributed by atoms with Crippen molar-refractivity contribution in [1.29, 1.82) is 0 Å². The van der Waals surface area contributed by atoms with E-state index in [1.165, 1.54) is 0 Å². The topological polar surface area (TPSA) is 54.0 Å². The first-order chi connectivity index (χ1) is 13.5. The molecular formula is C20H22ClN3O3S. The van der Waals surface area contributed by atoms with Crippen molar-refractivity contribution in [2.45, 2.75) is 0 Å². The first kappa shape index (κ1) is 20.2. The Morgan fingerprint density at radius 1 is 1.04 bits per heavy atom. The fraction of sp³-hybridized carbons (Fsp3) is 0.300. The van der Waals surface area contributed by atoms with Gasteiger partial charge in [-0.25, -0.2) is 0 Å². The molecule has 0 aliphatic carbocycles. The van der Waals surface area contributed by atoms with Crippen molar-refractivity contribution in [3.05, 3.63) is 53.1 Å². The number of nitrogens with zero attached hydrogens (tertiary/aromatic N) is 2.